The van der Waals surface area contributed by atoms with Gasteiger partial charge in [-0.3, -0.25) is 4.98 Å². The number of ether oxygens (including phenoxy) is 3. The molecule has 0 spiro atoms. The third kappa shape index (κ3) is 4.16. The summed E-state index contributed by atoms with van der Waals surface area (Å²) in [6.45, 7) is 7.83. The molecular formula is C23H27N3O5. The minimum Gasteiger partial charge on any atom is -0.465 e. The van der Waals surface area contributed by atoms with Crippen molar-refractivity contribution in [3.8, 4) is 11.1 Å². The molecule has 0 fully saturated rings. The Labute approximate surface area is 181 Å². The molecule has 0 unspecified atom stereocenters. The summed E-state index contributed by atoms with van der Waals surface area (Å²) in [6, 6.07) is 5.67. The average molecular weight is 425 g/mol. The molecule has 0 aliphatic carbocycles. The van der Waals surface area contributed by atoms with E-state index in [4.69, 9.17) is 19.3 Å². The van der Waals surface area contributed by atoms with Crippen LogP contribution in [0.5, 0.6) is 0 Å². The Morgan fingerprint density at radius 3 is 2.29 bits per heavy atom. The minimum atomic E-state index is -0.577. The summed E-state index contributed by atoms with van der Waals surface area (Å²) in [7, 11) is 2.84. The lowest BCUT2D eigenvalue weighted by Crippen LogP contribution is -2.18. The van der Waals surface area contributed by atoms with Crippen LogP contribution in [0, 0.1) is 13.8 Å². The Hall–Kier alpha value is -3.26. The number of hydrogen-bond donors (Lipinski definition) is 0. The van der Waals surface area contributed by atoms with Crippen molar-refractivity contribution in [2.24, 2.45) is 0 Å². The largest absolute Gasteiger partial charge is 0.465 e. The molecule has 8 nitrogen and oxygen atoms in total. The molecule has 3 heterocycles. The highest BCUT2D eigenvalue weighted by atomic mass is 16.6. The number of hydrogen-bond acceptors (Lipinski definition) is 7. The zero-order chi connectivity index (χ0) is 22.7. The Bertz CT molecular complexity index is 1130. The fraction of sp³-hybridized carbons (Fsp3) is 0.391. The number of aromatic nitrogens is 3. The van der Waals surface area contributed by atoms with Gasteiger partial charge in [-0.05, 0) is 31.9 Å². The van der Waals surface area contributed by atoms with E-state index in [1.807, 2.05) is 38.2 Å². The topological polar surface area (TPSA) is 92.0 Å². The predicted molar refractivity (Wildman–Crippen MR) is 115 cm³/mol. The molecule has 0 aliphatic heterocycles. The summed E-state index contributed by atoms with van der Waals surface area (Å²) in [5, 5.41) is 4.72. The highest BCUT2D eigenvalue weighted by Gasteiger charge is 2.31. The van der Waals surface area contributed by atoms with Gasteiger partial charge in [-0.25, -0.2) is 14.1 Å². The number of carbonyl (C=O) groups is 2. The van der Waals surface area contributed by atoms with E-state index in [0.717, 1.165) is 11.2 Å². The number of methoxy groups -OCH3 is 2. The van der Waals surface area contributed by atoms with E-state index in [1.165, 1.54) is 14.2 Å². The van der Waals surface area contributed by atoms with Gasteiger partial charge in [-0.2, -0.15) is 5.10 Å². The fourth-order valence-corrected chi connectivity index (χ4v) is 3.67. The van der Waals surface area contributed by atoms with Gasteiger partial charge in [0.05, 0.1) is 47.4 Å². The monoisotopic (exact) mass is 425 g/mol. The first-order valence-corrected chi connectivity index (χ1v) is 10.0. The second kappa shape index (κ2) is 9.26. The SMILES string of the molecule is COCCOC(=O)c1c(C)nc(C)c(C(=O)OC)c1-c1c(C(C)C)nn2ccccc12. The maximum Gasteiger partial charge on any atom is 0.340 e. The summed E-state index contributed by atoms with van der Waals surface area (Å²) in [4.78, 5) is 30.5. The second-order valence-corrected chi connectivity index (χ2v) is 7.47. The molecule has 0 saturated carbocycles. The molecule has 0 radical (unpaired) electrons. The van der Waals surface area contributed by atoms with Crippen LogP contribution >= 0.6 is 0 Å². The van der Waals surface area contributed by atoms with Crippen molar-refractivity contribution in [2.45, 2.75) is 33.6 Å². The van der Waals surface area contributed by atoms with Crippen LogP contribution in [-0.2, 0) is 14.2 Å². The third-order valence-electron chi connectivity index (χ3n) is 5.04. The van der Waals surface area contributed by atoms with E-state index in [9.17, 15) is 9.59 Å². The molecule has 0 aliphatic rings. The normalized spacial score (nSPS) is 11.2. The maximum atomic E-state index is 13.2. The van der Waals surface area contributed by atoms with Crippen LogP contribution in [0.3, 0.4) is 0 Å². The highest BCUT2D eigenvalue weighted by Crippen LogP contribution is 2.39. The van der Waals surface area contributed by atoms with Crippen LogP contribution in [0.2, 0.25) is 0 Å². The van der Waals surface area contributed by atoms with Gasteiger partial charge in [0, 0.05) is 24.4 Å². The van der Waals surface area contributed by atoms with Crippen molar-refractivity contribution in [3.05, 3.63) is 52.6 Å². The zero-order valence-corrected chi connectivity index (χ0v) is 18.7. The van der Waals surface area contributed by atoms with Crippen molar-refractivity contribution < 1.29 is 23.8 Å². The number of aryl methyl sites for hydroxylation is 2. The summed E-state index contributed by atoms with van der Waals surface area (Å²) in [6.07, 6.45) is 1.83. The molecule has 3 rings (SSSR count). The zero-order valence-electron chi connectivity index (χ0n) is 18.7. The van der Waals surface area contributed by atoms with Gasteiger partial charge in [-0.1, -0.05) is 19.9 Å². The first-order chi connectivity index (χ1) is 14.8. The van der Waals surface area contributed by atoms with Crippen molar-refractivity contribution in [2.75, 3.05) is 27.4 Å². The average Bonchev–Trinajstić information content (AvgIpc) is 3.12. The Morgan fingerprint density at radius 1 is 1.00 bits per heavy atom. The lowest BCUT2D eigenvalue weighted by atomic mass is 9.89. The Balaban J connectivity index is 2.43. The van der Waals surface area contributed by atoms with Crippen LogP contribution in [0.4, 0.5) is 0 Å². The second-order valence-electron chi connectivity index (χ2n) is 7.47. The first-order valence-electron chi connectivity index (χ1n) is 10.0. The van der Waals surface area contributed by atoms with Gasteiger partial charge < -0.3 is 14.2 Å². The number of pyridine rings is 2. The molecule has 0 atom stereocenters. The summed E-state index contributed by atoms with van der Waals surface area (Å²) < 4.78 is 17.2. The van der Waals surface area contributed by atoms with E-state index < -0.39 is 11.9 Å². The molecule has 0 saturated heterocycles. The smallest absolute Gasteiger partial charge is 0.340 e. The molecule has 3 aromatic rings. The molecule has 0 bridgehead atoms. The van der Waals surface area contributed by atoms with E-state index in [0.29, 0.717) is 22.5 Å². The lowest BCUT2D eigenvalue weighted by molar-refractivity contribution is 0.0387. The Kier molecular flexibility index (Phi) is 6.70. The quantitative estimate of drug-likeness (QED) is 0.421. The highest BCUT2D eigenvalue weighted by molar-refractivity contribution is 6.09. The van der Waals surface area contributed by atoms with E-state index in [1.54, 1.807) is 18.4 Å². The summed E-state index contributed by atoms with van der Waals surface area (Å²) >= 11 is 0. The van der Waals surface area contributed by atoms with Gasteiger partial charge in [0.25, 0.3) is 0 Å². The van der Waals surface area contributed by atoms with Gasteiger partial charge in [0.1, 0.15) is 6.61 Å². The van der Waals surface area contributed by atoms with Crippen molar-refractivity contribution >= 4 is 17.5 Å². The maximum absolute atomic E-state index is 13.2. The predicted octanol–water partition coefficient (Wildman–Crippen LogP) is 3.73. The standard InChI is InChI=1S/C23H27N3O5/c1-13(2)21-19(16-9-7-8-10-26(16)25-21)20-17(22(27)30-6)14(3)24-15(4)18(20)23(28)31-12-11-29-5/h7-10,13H,11-12H2,1-6H3. The number of nitrogens with zero attached hydrogens (tertiary/aromatic N) is 3. The molecule has 0 N–H and O–H groups in total. The third-order valence-corrected chi connectivity index (χ3v) is 5.04. The van der Waals surface area contributed by atoms with Crippen molar-refractivity contribution in [3.63, 3.8) is 0 Å². The molecule has 164 valence electrons. The van der Waals surface area contributed by atoms with Crippen molar-refractivity contribution in [1.29, 1.82) is 0 Å². The van der Waals surface area contributed by atoms with Gasteiger partial charge >= 0.3 is 11.9 Å². The van der Waals surface area contributed by atoms with E-state index >= 15 is 0 Å². The molecule has 31 heavy (non-hydrogen) atoms. The number of carbonyl (C=O) groups excluding carboxylic acids is 2. The number of esters is 2. The molecule has 8 heteroatoms. The van der Waals surface area contributed by atoms with Gasteiger partial charge in [0.2, 0.25) is 0 Å². The summed E-state index contributed by atoms with van der Waals surface area (Å²) in [5.74, 6) is -1.12. The lowest BCUT2D eigenvalue weighted by Gasteiger charge is -2.18. The van der Waals surface area contributed by atoms with Crippen LogP contribution in [0.25, 0.3) is 16.6 Å². The van der Waals surface area contributed by atoms with Crippen molar-refractivity contribution in [1.82, 2.24) is 14.6 Å². The van der Waals surface area contributed by atoms with Crippen LogP contribution < -0.4 is 0 Å². The number of rotatable bonds is 7. The fourth-order valence-electron chi connectivity index (χ4n) is 3.67. The Morgan fingerprint density at radius 2 is 1.68 bits per heavy atom. The van der Waals surface area contributed by atoms with Crippen LogP contribution in [0.1, 0.15) is 57.6 Å². The number of fused-ring (bicyclic) bond motifs is 1. The summed E-state index contributed by atoms with van der Waals surface area (Å²) in [5.41, 5.74) is 4.05. The van der Waals surface area contributed by atoms with Crippen LogP contribution in [0.15, 0.2) is 24.4 Å². The van der Waals surface area contributed by atoms with Gasteiger partial charge in [-0.15, -0.1) is 0 Å². The van der Waals surface area contributed by atoms with Crippen LogP contribution in [-0.4, -0.2) is 54.0 Å². The van der Waals surface area contributed by atoms with E-state index in [-0.39, 0.29) is 30.3 Å². The molecule has 0 aromatic carbocycles. The first kappa shape index (κ1) is 22.4. The molecule has 0 amide bonds. The minimum absolute atomic E-state index is 0.0338. The van der Waals surface area contributed by atoms with E-state index in [2.05, 4.69) is 4.98 Å². The van der Waals surface area contributed by atoms with Gasteiger partial charge in [0.15, 0.2) is 0 Å². The molecule has 3 aromatic heterocycles. The molecular weight excluding hydrogens is 398 g/mol.